The number of hydrogen-bond donors (Lipinski definition) is 2. The fourth-order valence-corrected chi connectivity index (χ4v) is 2.11. The summed E-state index contributed by atoms with van der Waals surface area (Å²) in [6.45, 7) is 0.0174. The van der Waals surface area contributed by atoms with Gasteiger partial charge in [-0.25, -0.2) is 0 Å². The summed E-state index contributed by atoms with van der Waals surface area (Å²) in [5.74, 6) is -1.89. The van der Waals surface area contributed by atoms with Gasteiger partial charge in [-0.2, -0.15) is 0 Å². The van der Waals surface area contributed by atoms with Crippen molar-refractivity contribution in [2.45, 2.75) is 19.3 Å². The Bertz CT molecular complexity index is 329. The Morgan fingerprint density at radius 1 is 1.29 bits per heavy atom. The second kappa shape index (κ2) is 5.65. The van der Waals surface area contributed by atoms with Crippen molar-refractivity contribution in [3.05, 3.63) is 0 Å². The Kier molecular flexibility index (Phi) is 4.48. The Labute approximate surface area is 100.0 Å². The topological polar surface area (TPSA) is 86.7 Å². The van der Waals surface area contributed by atoms with Gasteiger partial charge in [-0.1, -0.05) is 0 Å². The van der Waals surface area contributed by atoms with Gasteiger partial charge in [-0.3, -0.25) is 14.4 Å². The largest absolute Gasteiger partial charge is 0.481 e. The summed E-state index contributed by atoms with van der Waals surface area (Å²) in [5, 5.41) is 11.3. The molecule has 2 N–H and O–H groups in total. The van der Waals surface area contributed by atoms with Crippen LogP contribution < -0.4 is 5.32 Å². The summed E-state index contributed by atoms with van der Waals surface area (Å²) < 4.78 is 0. The molecule has 1 aliphatic carbocycles. The van der Waals surface area contributed by atoms with Gasteiger partial charge in [-0.05, 0) is 19.3 Å². The molecule has 0 aromatic rings. The van der Waals surface area contributed by atoms with Gasteiger partial charge in [-0.15, -0.1) is 0 Å². The van der Waals surface area contributed by atoms with Crippen LogP contribution in [-0.2, 0) is 14.4 Å². The van der Waals surface area contributed by atoms with E-state index < -0.39 is 11.9 Å². The Morgan fingerprint density at radius 2 is 1.88 bits per heavy atom. The van der Waals surface area contributed by atoms with E-state index in [1.54, 1.807) is 7.05 Å². The first-order chi connectivity index (χ1) is 7.95. The lowest BCUT2D eigenvalue weighted by atomic mass is 10.0. The van der Waals surface area contributed by atoms with Gasteiger partial charge in [0, 0.05) is 20.0 Å². The summed E-state index contributed by atoms with van der Waals surface area (Å²) in [6.07, 6.45) is 1.51. The van der Waals surface area contributed by atoms with Crippen molar-refractivity contribution < 1.29 is 19.5 Å². The number of nitrogens with zero attached hydrogens (tertiary/aromatic N) is 1. The molecule has 2 amide bonds. The van der Waals surface area contributed by atoms with Crippen molar-refractivity contribution in [1.82, 2.24) is 10.2 Å². The van der Waals surface area contributed by atoms with E-state index in [1.165, 1.54) is 11.9 Å². The minimum absolute atomic E-state index is 0.0174. The normalized spacial score (nSPS) is 23.2. The number of likely N-dealkylation sites (N-methyl/N-ethyl adjacent to an activating group) is 2. The van der Waals surface area contributed by atoms with Crippen molar-refractivity contribution >= 4 is 17.8 Å². The number of carbonyl (C=O) groups excluding carboxylic acids is 2. The molecular formula is C11H18N2O4. The number of hydrogen-bond acceptors (Lipinski definition) is 3. The maximum absolute atomic E-state index is 11.9. The van der Waals surface area contributed by atoms with E-state index in [4.69, 9.17) is 5.11 Å². The minimum atomic E-state index is -0.839. The highest BCUT2D eigenvalue weighted by atomic mass is 16.4. The number of aliphatic carboxylic acids is 1. The molecule has 1 rings (SSSR count). The van der Waals surface area contributed by atoms with Crippen molar-refractivity contribution in [2.75, 3.05) is 20.6 Å². The number of nitrogens with one attached hydrogen (secondary N) is 1. The van der Waals surface area contributed by atoms with Crippen LogP contribution in [0.25, 0.3) is 0 Å². The fourth-order valence-electron chi connectivity index (χ4n) is 2.11. The number of carboxylic acid groups (broad SMARTS) is 1. The van der Waals surface area contributed by atoms with Crippen molar-refractivity contribution in [3.63, 3.8) is 0 Å². The highest BCUT2D eigenvalue weighted by Gasteiger charge is 2.35. The first kappa shape index (κ1) is 13.5. The van der Waals surface area contributed by atoms with Crippen LogP contribution in [0.3, 0.4) is 0 Å². The van der Waals surface area contributed by atoms with Crippen LogP contribution in [0.1, 0.15) is 19.3 Å². The second-order valence-corrected chi connectivity index (χ2v) is 4.41. The summed E-state index contributed by atoms with van der Waals surface area (Å²) in [5.41, 5.74) is 0. The van der Waals surface area contributed by atoms with Gasteiger partial charge in [0.05, 0.1) is 12.5 Å². The van der Waals surface area contributed by atoms with Crippen LogP contribution in [-0.4, -0.2) is 48.4 Å². The predicted molar refractivity (Wildman–Crippen MR) is 60.2 cm³/mol. The van der Waals surface area contributed by atoms with Gasteiger partial charge < -0.3 is 15.3 Å². The number of rotatable bonds is 4. The Hall–Kier alpha value is -1.59. The molecule has 0 radical (unpaired) electrons. The molecule has 6 heteroatoms. The van der Waals surface area contributed by atoms with Gasteiger partial charge >= 0.3 is 5.97 Å². The van der Waals surface area contributed by atoms with Crippen LogP contribution in [0, 0.1) is 11.8 Å². The first-order valence-corrected chi connectivity index (χ1v) is 5.64. The van der Waals surface area contributed by atoms with Crippen LogP contribution in [0.4, 0.5) is 0 Å². The average Bonchev–Trinajstić information content (AvgIpc) is 2.77. The zero-order valence-corrected chi connectivity index (χ0v) is 10.1. The lowest BCUT2D eigenvalue weighted by molar-refractivity contribution is -0.142. The van der Waals surface area contributed by atoms with Gasteiger partial charge in [0.1, 0.15) is 0 Å². The standard InChI is InChI=1S/C11H18N2O4/c1-12-9(14)6-13(2)10(15)7-3-4-8(5-7)11(16)17/h7-8H,3-6H2,1-2H3,(H,12,14)(H,16,17)/t7-,8+/m1/s1. The summed E-state index contributed by atoms with van der Waals surface area (Å²) in [4.78, 5) is 35.2. The SMILES string of the molecule is CNC(=O)CN(C)C(=O)[C@@H]1CC[C@H](C(=O)O)C1. The third-order valence-electron chi connectivity index (χ3n) is 3.17. The second-order valence-electron chi connectivity index (χ2n) is 4.41. The molecular weight excluding hydrogens is 224 g/mol. The molecule has 0 aromatic heterocycles. The highest BCUT2D eigenvalue weighted by Crippen LogP contribution is 2.32. The quantitative estimate of drug-likeness (QED) is 0.708. The third-order valence-corrected chi connectivity index (χ3v) is 3.17. The average molecular weight is 242 g/mol. The molecule has 1 aliphatic rings. The van der Waals surface area contributed by atoms with Crippen molar-refractivity contribution in [1.29, 1.82) is 0 Å². The van der Waals surface area contributed by atoms with E-state index in [-0.39, 0.29) is 24.3 Å². The van der Waals surface area contributed by atoms with Gasteiger partial charge in [0.2, 0.25) is 11.8 Å². The minimum Gasteiger partial charge on any atom is -0.481 e. The smallest absolute Gasteiger partial charge is 0.306 e. The van der Waals surface area contributed by atoms with E-state index in [0.717, 1.165) is 0 Å². The van der Waals surface area contributed by atoms with E-state index >= 15 is 0 Å². The first-order valence-electron chi connectivity index (χ1n) is 5.64. The predicted octanol–water partition coefficient (Wildman–Crippen LogP) is -0.308. The molecule has 0 bridgehead atoms. The van der Waals surface area contributed by atoms with E-state index in [1.807, 2.05) is 0 Å². The third kappa shape index (κ3) is 3.44. The molecule has 2 atom stereocenters. The van der Waals surface area contributed by atoms with Crippen molar-refractivity contribution in [3.8, 4) is 0 Å². The summed E-state index contributed by atoms with van der Waals surface area (Å²) in [7, 11) is 3.07. The molecule has 17 heavy (non-hydrogen) atoms. The van der Waals surface area contributed by atoms with Crippen molar-refractivity contribution in [2.24, 2.45) is 11.8 Å². The molecule has 0 spiro atoms. The Balaban J connectivity index is 2.48. The van der Waals surface area contributed by atoms with E-state index in [9.17, 15) is 14.4 Å². The van der Waals surface area contributed by atoms with Crippen LogP contribution >= 0.6 is 0 Å². The fraction of sp³-hybridized carbons (Fsp3) is 0.727. The lowest BCUT2D eigenvalue weighted by Crippen LogP contribution is -2.39. The maximum Gasteiger partial charge on any atom is 0.306 e. The van der Waals surface area contributed by atoms with Crippen LogP contribution in [0.5, 0.6) is 0 Å². The molecule has 0 aromatic carbocycles. The lowest BCUT2D eigenvalue weighted by Gasteiger charge is -2.20. The molecule has 1 saturated carbocycles. The molecule has 0 unspecified atom stereocenters. The Morgan fingerprint density at radius 3 is 2.35 bits per heavy atom. The zero-order valence-electron chi connectivity index (χ0n) is 10.1. The van der Waals surface area contributed by atoms with E-state index in [0.29, 0.717) is 19.3 Å². The zero-order chi connectivity index (χ0) is 13.0. The number of carboxylic acids is 1. The summed E-state index contributed by atoms with van der Waals surface area (Å²) in [6, 6.07) is 0. The van der Waals surface area contributed by atoms with Crippen LogP contribution in [0.2, 0.25) is 0 Å². The molecule has 1 fully saturated rings. The monoisotopic (exact) mass is 242 g/mol. The number of amides is 2. The van der Waals surface area contributed by atoms with E-state index in [2.05, 4.69) is 5.32 Å². The highest BCUT2D eigenvalue weighted by molar-refractivity contribution is 5.86. The van der Waals surface area contributed by atoms with Crippen LogP contribution in [0.15, 0.2) is 0 Å². The molecule has 0 heterocycles. The van der Waals surface area contributed by atoms with Gasteiger partial charge in [0.25, 0.3) is 0 Å². The molecule has 6 nitrogen and oxygen atoms in total. The molecule has 0 saturated heterocycles. The van der Waals surface area contributed by atoms with Gasteiger partial charge in [0.15, 0.2) is 0 Å². The number of carbonyl (C=O) groups is 3. The maximum atomic E-state index is 11.9. The molecule has 0 aliphatic heterocycles. The summed E-state index contributed by atoms with van der Waals surface area (Å²) >= 11 is 0. The molecule has 96 valence electrons.